The zero-order chi connectivity index (χ0) is 8.77. The van der Waals surface area contributed by atoms with Crippen molar-refractivity contribution in [1.29, 1.82) is 0 Å². The van der Waals surface area contributed by atoms with E-state index in [0.29, 0.717) is 17.4 Å². The average Bonchev–Trinajstić information content (AvgIpc) is 2.51. The second-order valence-corrected chi connectivity index (χ2v) is 4.93. The Kier molecular flexibility index (Phi) is 1.77. The topological polar surface area (TPSA) is 26.0 Å². The van der Waals surface area contributed by atoms with E-state index in [1.165, 1.54) is 11.3 Å². The third-order valence-electron chi connectivity index (χ3n) is 3.07. The summed E-state index contributed by atoms with van der Waals surface area (Å²) >= 11 is 1.84. The standard InChI is InChI=1S/C10H15NS/c1-7(2)10(6-8(10)11)9-4-3-5-12-9/h3-5,7-8H,6,11H2,1-2H3. The van der Waals surface area contributed by atoms with Crippen LogP contribution in [0.5, 0.6) is 0 Å². The minimum atomic E-state index is 0.328. The maximum absolute atomic E-state index is 6.00. The van der Waals surface area contributed by atoms with E-state index in [0.717, 1.165) is 0 Å². The van der Waals surface area contributed by atoms with E-state index in [1.807, 2.05) is 11.3 Å². The zero-order valence-electron chi connectivity index (χ0n) is 7.58. The Bertz CT molecular complexity index is 265. The Morgan fingerprint density at radius 1 is 1.67 bits per heavy atom. The third kappa shape index (κ3) is 0.947. The molecule has 1 fully saturated rings. The van der Waals surface area contributed by atoms with Crippen LogP contribution in [0.1, 0.15) is 25.1 Å². The van der Waals surface area contributed by atoms with Gasteiger partial charge in [0.2, 0.25) is 0 Å². The smallest absolute Gasteiger partial charge is 0.0236 e. The first-order valence-corrected chi connectivity index (χ1v) is 5.35. The van der Waals surface area contributed by atoms with E-state index in [4.69, 9.17) is 5.73 Å². The van der Waals surface area contributed by atoms with E-state index in [-0.39, 0.29) is 0 Å². The molecule has 0 amide bonds. The van der Waals surface area contributed by atoms with Gasteiger partial charge in [-0.1, -0.05) is 19.9 Å². The highest BCUT2D eigenvalue weighted by atomic mass is 32.1. The fourth-order valence-electron chi connectivity index (χ4n) is 2.08. The summed E-state index contributed by atoms with van der Waals surface area (Å²) in [6.45, 7) is 4.54. The molecule has 1 aliphatic rings. The van der Waals surface area contributed by atoms with Crippen LogP contribution in [-0.4, -0.2) is 6.04 Å². The molecule has 0 aromatic carbocycles. The summed E-state index contributed by atoms with van der Waals surface area (Å²) in [5.74, 6) is 0.672. The minimum Gasteiger partial charge on any atom is -0.327 e. The lowest BCUT2D eigenvalue weighted by Gasteiger charge is -2.18. The third-order valence-corrected chi connectivity index (χ3v) is 4.13. The zero-order valence-corrected chi connectivity index (χ0v) is 8.40. The predicted molar refractivity (Wildman–Crippen MR) is 53.4 cm³/mol. The van der Waals surface area contributed by atoms with Crippen molar-refractivity contribution in [2.45, 2.75) is 31.7 Å². The number of hydrogen-bond acceptors (Lipinski definition) is 2. The van der Waals surface area contributed by atoms with Crippen LogP contribution < -0.4 is 5.73 Å². The van der Waals surface area contributed by atoms with Crippen LogP contribution in [-0.2, 0) is 5.41 Å². The first-order valence-electron chi connectivity index (χ1n) is 4.47. The van der Waals surface area contributed by atoms with Gasteiger partial charge in [-0.05, 0) is 23.8 Å². The molecule has 0 radical (unpaired) electrons. The van der Waals surface area contributed by atoms with Crippen molar-refractivity contribution in [2.24, 2.45) is 11.7 Å². The molecule has 2 unspecified atom stereocenters. The van der Waals surface area contributed by atoms with Crippen LogP contribution in [0.2, 0.25) is 0 Å². The van der Waals surface area contributed by atoms with Crippen LogP contribution in [0.15, 0.2) is 17.5 Å². The van der Waals surface area contributed by atoms with Crippen LogP contribution >= 0.6 is 11.3 Å². The molecule has 2 rings (SSSR count). The molecule has 66 valence electrons. The predicted octanol–water partition coefficient (Wildman–Crippen LogP) is 2.37. The molecule has 0 spiro atoms. The van der Waals surface area contributed by atoms with Gasteiger partial charge in [0.25, 0.3) is 0 Å². The molecule has 0 bridgehead atoms. The van der Waals surface area contributed by atoms with E-state index in [1.54, 1.807) is 0 Å². The molecule has 1 aliphatic carbocycles. The maximum atomic E-state index is 6.00. The summed E-state index contributed by atoms with van der Waals surface area (Å²) in [5, 5.41) is 2.14. The van der Waals surface area contributed by atoms with Crippen LogP contribution in [0.3, 0.4) is 0 Å². The summed E-state index contributed by atoms with van der Waals surface area (Å²) < 4.78 is 0. The van der Waals surface area contributed by atoms with Gasteiger partial charge in [-0.2, -0.15) is 0 Å². The molecular weight excluding hydrogens is 166 g/mol. The van der Waals surface area contributed by atoms with Crippen LogP contribution in [0.4, 0.5) is 0 Å². The molecule has 1 saturated carbocycles. The normalized spacial score (nSPS) is 34.2. The van der Waals surface area contributed by atoms with Crippen molar-refractivity contribution in [3.05, 3.63) is 22.4 Å². The number of hydrogen-bond donors (Lipinski definition) is 1. The van der Waals surface area contributed by atoms with Crippen molar-refractivity contribution in [3.8, 4) is 0 Å². The van der Waals surface area contributed by atoms with Crippen LogP contribution in [0, 0.1) is 5.92 Å². The molecule has 2 N–H and O–H groups in total. The molecule has 2 atom stereocenters. The van der Waals surface area contributed by atoms with Crippen molar-refractivity contribution in [1.82, 2.24) is 0 Å². The second-order valence-electron chi connectivity index (χ2n) is 3.98. The van der Waals surface area contributed by atoms with Gasteiger partial charge in [-0.15, -0.1) is 11.3 Å². The highest BCUT2D eigenvalue weighted by Gasteiger charge is 2.55. The van der Waals surface area contributed by atoms with Gasteiger partial charge in [0, 0.05) is 16.3 Å². The van der Waals surface area contributed by atoms with E-state index < -0.39 is 0 Å². The molecule has 2 heteroatoms. The average molecular weight is 181 g/mol. The van der Waals surface area contributed by atoms with E-state index in [9.17, 15) is 0 Å². The van der Waals surface area contributed by atoms with Gasteiger partial charge < -0.3 is 5.73 Å². The summed E-state index contributed by atoms with van der Waals surface area (Å²) in [4.78, 5) is 1.48. The first kappa shape index (κ1) is 8.27. The van der Waals surface area contributed by atoms with Crippen molar-refractivity contribution >= 4 is 11.3 Å². The molecule has 1 heterocycles. The fraction of sp³-hybridized carbons (Fsp3) is 0.600. The van der Waals surface area contributed by atoms with Crippen molar-refractivity contribution < 1.29 is 0 Å². The Morgan fingerprint density at radius 3 is 2.67 bits per heavy atom. The first-order chi connectivity index (χ1) is 5.68. The second kappa shape index (κ2) is 2.57. The molecule has 0 saturated heterocycles. The molecule has 0 aliphatic heterocycles. The molecule has 1 aromatic heterocycles. The van der Waals surface area contributed by atoms with Gasteiger partial charge in [-0.25, -0.2) is 0 Å². The largest absolute Gasteiger partial charge is 0.327 e. The summed E-state index contributed by atoms with van der Waals surface area (Å²) in [7, 11) is 0. The van der Waals surface area contributed by atoms with Gasteiger partial charge in [0.1, 0.15) is 0 Å². The molecule has 1 aromatic rings. The Labute approximate surface area is 77.6 Å². The van der Waals surface area contributed by atoms with E-state index >= 15 is 0 Å². The highest BCUT2D eigenvalue weighted by Crippen LogP contribution is 2.53. The highest BCUT2D eigenvalue weighted by molar-refractivity contribution is 7.10. The number of nitrogens with two attached hydrogens (primary N) is 1. The fourth-order valence-corrected chi connectivity index (χ4v) is 3.23. The minimum absolute atomic E-state index is 0.328. The monoisotopic (exact) mass is 181 g/mol. The summed E-state index contributed by atoms with van der Waals surface area (Å²) in [6.07, 6.45) is 1.17. The van der Waals surface area contributed by atoms with Gasteiger partial charge in [0.15, 0.2) is 0 Å². The van der Waals surface area contributed by atoms with Crippen molar-refractivity contribution in [3.63, 3.8) is 0 Å². The molecular formula is C10H15NS. The lowest BCUT2D eigenvalue weighted by atomic mass is 9.90. The summed E-state index contributed by atoms with van der Waals surface area (Å²) in [5.41, 5.74) is 6.33. The Balaban J connectivity index is 2.32. The quantitative estimate of drug-likeness (QED) is 0.744. The van der Waals surface area contributed by atoms with Gasteiger partial charge >= 0.3 is 0 Å². The van der Waals surface area contributed by atoms with Gasteiger partial charge in [-0.3, -0.25) is 0 Å². The van der Waals surface area contributed by atoms with E-state index in [2.05, 4.69) is 31.4 Å². The lowest BCUT2D eigenvalue weighted by molar-refractivity contribution is 0.473. The number of rotatable bonds is 2. The van der Waals surface area contributed by atoms with Crippen LogP contribution in [0.25, 0.3) is 0 Å². The summed E-state index contributed by atoms with van der Waals surface area (Å²) in [6, 6.07) is 4.74. The van der Waals surface area contributed by atoms with Gasteiger partial charge in [0.05, 0.1) is 0 Å². The SMILES string of the molecule is CC(C)C1(c2cccs2)CC1N. The lowest BCUT2D eigenvalue weighted by Crippen LogP contribution is -2.23. The molecule has 12 heavy (non-hydrogen) atoms. The Morgan fingerprint density at radius 2 is 2.33 bits per heavy atom. The van der Waals surface area contributed by atoms with Crippen molar-refractivity contribution in [2.75, 3.05) is 0 Å². The number of thiophene rings is 1. The Hall–Kier alpha value is -0.340. The maximum Gasteiger partial charge on any atom is 0.0236 e. The molecule has 1 nitrogen and oxygen atoms in total.